The van der Waals surface area contributed by atoms with Crippen LogP contribution in [0.3, 0.4) is 0 Å². The standard InChI is InChI=1S/C11H11BN2O4/c15-10-5-6-14(11(16)13-10)7-8-3-1-2-4-9(8)12(17)18/h1-6,17-18H,7H2,(H,13,15,16). The monoisotopic (exact) mass is 246 g/mol. The van der Waals surface area contributed by atoms with Gasteiger partial charge in [0.2, 0.25) is 0 Å². The molecule has 0 aliphatic carbocycles. The van der Waals surface area contributed by atoms with Gasteiger partial charge in [0.1, 0.15) is 0 Å². The van der Waals surface area contributed by atoms with E-state index >= 15 is 0 Å². The van der Waals surface area contributed by atoms with Crippen LogP contribution in [0.15, 0.2) is 46.1 Å². The fourth-order valence-corrected chi connectivity index (χ4v) is 1.68. The topological polar surface area (TPSA) is 95.3 Å². The van der Waals surface area contributed by atoms with Crippen LogP contribution in [-0.2, 0) is 6.54 Å². The average Bonchev–Trinajstić information content (AvgIpc) is 2.33. The molecule has 2 aromatic rings. The zero-order valence-corrected chi connectivity index (χ0v) is 9.41. The van der Waals surface area contributed by atoms with E-state index in [1.807, 2.05) is 0 Å². The van der Waals surface area contributed by atoms with Gasteiger partial charge in [-0.05, 0) is 11.0 Å². The van der Waals surface area contributed by atoms with E-state index in [0.717, 1.165) is 0 Å². The first-order valence-electron chi connectivity index (χ1n) is 5.31. The fraction of sp³-hybridized carbons (Fsp3) is 0.0909. The van der Waals surface area contributed by atoms with E-state index in [-0.39, 0.29) is 6.54 Å². The predicted octanol–water partition coefficient (Wildman–Crippen LogP) is -1.74. The largest absolute Gasteiger partial charge is 0.488 e. The van der Waals surface area contributed by atoms with Crippen LogP contribution in [0.25, 0.3) is 0 Å². The zero-order chi connectivity index (χ0) is 13.1. The minimum Gasteiger partial charge on any atom is -0.423 e. The lowest BCUT2D eigenvalue weighted by atomic mass is 9.77. The average molecular weight is 246 g/mol. The van der Waals surface area contributed by atoms with Crippen molar-refractivity contribution in [3.63, 3.8) is 0 Å². The quantitative estimate of drug-likeness (QED) is 0.560. The second-order valence-electron chi connectivity index (χ2n) is 3.81. The van der Waals surface area contributed by atoms with Gasteiger partial charge in [0, 0.05) is 12.3 Å². The molecule has 3 N–H and O–H groups in total. The van der Waals surface area contributed by atoms with Crippen LogP contribution in [-0.4, -0.2) is 26.7 Å². The Balaban J connectivity index is 2.40. The Hall–Kier alpha value is -2.12. The van der Waals surface area contributed by atoms with E-state index in [1.54, 1.807) is 24.3 Å². The second-order valence-corrected chi connectivity index (χ2v) is 3.81. The van der Waals surface area contributed by atoms with E-state index < -0.39 is 18.4 Å². The third kappa shape index (κ3) is 2.58. The molecule has 6 nitrogen and oxygen atoms in total. The van der Waals surface area contributed by atoms with Gasteiger partial charge in [-0.1, -0.05) is 24.3 Å². The van der Waals surface area contributed by atoms with Crippen molar-refractivity contribution in [2.75, 3.05) is 0 Å². The summed E-state index contributed by atoms with van der Waals surface area (Å²) in [5.74, 6) is 0. The molecule has 0 atom stereocenters. The van der Waals surface area contributed by atoms with E-state index in [9.17, 15) is 19.6 Å². The SMILES string of the molecule is O=c1ccn(Cc2ccccc2B(O)O)c(=O)[nH]1. The smallest absolute Gasteiger partial charge is 0.423 e. The van der Waals surface area contributed by atoms with Gasteiger partial charge in [-0.3, -0.25) is 14.3 Å². The lowest BCUT2D eigenvalue weighted by Gasteiger charge is -2.09. The molecule has 92 valence electrons. The fourth-order valence-electron chi connectivity index (χ4n) is 1.68. The van der Waals surface area contributed by atoms with Gasteiger partial charge in [-0.2, -0.15) is 0 Å². The van der Waals surface area contributed by atoms with Gasteiger partial charge in [0.15, 0.2) is 0 Å². The van der Waals surface area contributed by atoms with Gasteiger partial charge in [0.05, 0.1) is 6.54 Å². The molecule has 1 aromatic carbocycles. The van der Waals surface area contributed by atoms with Crippen LogP contribution in [0.1, 0.15) is 5.56 Å². The van der Waals surface area contributed by atoms with E-state index in [1.165, 1.54) is 16.8 Å². The zero-order valence-electron chi connectivity index (χ0n) is 9.41. The van der Waals surface area contributed by atoms with Crippen molar-refractivity contribution in [3.8, 4) is 0 Å². The highest BCUT2D eigenvalue weighted by Gasteiger charge is 2.15. The Morgan fingerprint density at radius 2 is 1.89 bits per heavy atom. The molecule has 18 heavy (non-hydrogen) atoms. The molecule has 0 radical (unpaired) electrons. The summed E-state index contributed by atoms with van der Waals surface area (Å²) in [6, 6.07) is 7.90. The first kappa shape index (κ1) is 12.3. The van der Waals surface area contributed by atoms with Crippen molar-refractivity contribution in [1.82, 2.24) is 9.55 Å². The number of H-pyrrole nitrogens is 1. The Labute approximate surface area is 102 Å². The molecule has 0 aliphatic heterocycles. The van der Waals surface area contributed by atoms with Gasteiger partial charge in [0.25, 0.3) is 5.56 Å². The van der Waals surface area contributed by atoms with Crippen molar-refractivity contribution in [2.24, 2.45) is 0 Å². The van der Waals surface area contributed by atoms with Crippen LogP contribution >= 0.6 is 0 Å². The molecule has 0 amide bonds. The molecule has 2 rings (SSSR count). The highest BCUT2D eigenvalue weighted by atomic mass is 16.4. The Morgan fingerprint density at radius 1 is 1.17 bits per heavy atom. The number of nitrogens with one attached hydrogen (secondary N) is 1. The maximum absolute atomic E-state index is 11.5. The Kier molecular flexibility index (Phi) is 3.45. The number of aromatic amines is 1. The maximum atomic E-state index is 11.5. The summed E-state index contributed by atoms with van der Waals surface area (Å²) < 4.78 is 1.28. The van der Waals surface area contributed by atoms with E-state index in [0.29, 0.717) is 11.0 Å². The molecule has 1 aromatic heterocycles. The van der Waals surface area contributed by atoms with Crippen LogP contribution < -0.4 is 16.7 Å². The normalized spacial score (nSPS) is 10.3. The van der Waals surface area contributed by atoms with Crippen molar-refractivity contribution in [3.05, 3.63) is 62.9 Å². The summed E-state index contributed by atoms with van der Waals surface area (Å²) in [5.41, 5.74) is -0.0753. The second kappa shape index (κ2) is 5.03. The first-order valence-corrected chi connectivity index (χ1v) is 5.31. The van der Waals surface area contributed by atoms with E-state index in [2.05, 4.69) is 4.98 Å². The molecule has 0 saturated heterocycles. The third-order valence-electron chi connectivity index (χ3n) is 2.57. The molecule has 0 saturated carbocycles. The minimum atomic E-state index is -1.60. The van der Waals surface area contributed by atoms with Crippen LogP contribution in [0.5, 0.6) is 0 Å². The lowest BCUT2D eigenvalue weighted by Crippen LogP contribution is -2.36. The summed E-state index contributed by atoms with van der Waals surface area (Å²) in [4.78, 5) is 24.6. The van der Waals surface area contributed by atoms with Crippen LogP contribution in [0, 0.1) is 0 Å². The molecular weight excluding hydrogens is 235 g/mol. The van der Waals surface area contributed by atoms with E-state index in [4.69, 9.17) is 0 Å². The molecular formula is C11H11BN2O4. The third-order valence-corrected chi connectivity index (χ3v) is 2.57. The van der Waals surface area contributed by atoms with Gasteiger partial charge in [-0.25, -0.2) is 4.79 Å². The Morgan fingerprint density at radius 3 is 2.56 bits per heavy atom. The summed E-state index contributed by atoms with van der Waals surface area (Å²) in [7, 11) is -1.60. The maximum Gasteiger partial charge on any atom is 0.488 e. The molecule has 0 unspecified atom stereocenters. The molecule has 1 heterocycles. The molecule has 0 bridgehead atoms. The van der Waals surface area contributed by atoms with Crippen molar-refractivity contribution in [1.29, 1.82) is 0 Å². The molecule has 0 aliphatic rings. The summed E-state index contributed by atoms with van der Waals surface area (Å²) in [6.07, 6.45) is 1.36. The summed E-state index contributed by atoms with van der Waals surface area (Å²) >= 11 is 0. The van der Waals surface area contributed by atoms with Crippen LogP contribution in [0.2, 0.25) is 0 Å². The first-order chi connectivity index (χ1) is 8.58. The predicted molar refractivity (Wildman–Crippen MR) is 66.7 cm³/mol. The summed E-state index contributed by atoms with van der Waals surface area (Å²) in [6.45, 7) is 0.156. The number of hydrogen-bond acceptors (Lipinski definition) is 4. The number of nitrogens with zero attached hydrogens (tertiary/aromatic N) is 1. The lowest BCUT2D eigenvalue weighted by molar-refractivity contribution is 0.425. The Bertz CT molecular complexity index is 662. The van der Waals surface area contributed by atoms with Crippen LogP contribution in [0.4, 0.5) is 0 Å². The van der Waals surface area contributed by atoms with Crippen molar-refractivity contribution < 1.29 is 10.0 Å². The number of hydrogen-bond donors (Lipinski definition) is 3. The molecule has 7 heteroatoms. The van der Waals surface area contributed by atoms with Gasteiger partial charge >= 0.3 is 12.8 Å². The highest BCUT2D eigenvalue weighted by molar-refractivity contribution is 6.59. The summed E-state index contributed by atoms with van der Waals surface area (Å²) in [5, 5.41) is 18.4. The molecule has 0 fully saturated rings. The number of benzene rings is 1. The highest BCUT2D eigenvalue weighted by Crippen LogP contribution is 1.98. The van der Waals surface area contributed by atoms with Gasteiger partial charge < -0.3 is 10.0 Å². The van der Waals surface area contributed by atoms with Crippen molar-refractivity contribution >= 4 is 12.6 Å². The van der Waals surface area contributed by atoms with Crippen molar-refractivity contribution in [2.45, 2.75) is 6.54 Å². The number of aromatic nitrogens is 2. The minimum absolute atomic E-state index is 0.156. The van der Waals surface area contributed by atoms with Gasteiger partial charge in [-0.15, -0.1) is 0 Å². The molecule has 0 spiro atoms. The number of rotatable bonds is 3.